The van der Waals surface area contributed by atoms with Crippen molar-refractivity contribution in [2.45, 2.75) is 52.6 Å². The van der Waals surface area contributed by atoms with Crippen molar-refractivity contribution in [3.63, 3.8) is 0 Å². The highest BCUT2D eigenvalue weighted by Gasteiger charge is 2.30. The lowest BCUT2D eigenvalue weighted by atomic mass is 10.0. The van der Waals surface area contributed by atoms with E-state index >= 15 is 0 Å². The number of halogens is 2. The molecule has 3 aromatic rings. The summed E-state index contributed by atoms with van der Waals surface area (Å²) in [7, 11) is -3.58. The molecule has 0 bridgehead atoms. The molecule has 0 saturated carbocycles. The minimum absolute atomic E-state index is 0.0436. The molecule has 0 aromatic heterocycles. The van der Waals surface area contributed by atoms with Crippen LogP contribution in [0.5, 0.6) is 0 Å². The van der Waals surface area contributed by atoms with Gasteiger partial charge in [0.2, 0.25) is 21.8 Å². The number of amides is 2. The molecule has 0 heterocycles. The summed E-state index contributed by atoms with van der Waals surface area (Å²) in [6, 6.07) is 21.1. The highest BCUT2D eigenvalue weighted by Crippen LogP contribution is 2.25. The molecule has 0 aliphatic rings. The van der Waals surface area contributed by atoms with Gasteiger partial charge in [0, 0.05) is 32.5 Å². The molecule has 0 saturated heterocycles. The van der Waals surface area contributed by atoms with E-state index in [0.717, 1.165) is 22.9 Å². The van der Waals surface area contributed by atoms with Crippen molar-refractivity contribution in [3.8, 4) is 0 Å². The third-order valence-electron chi connectivity index (χ3n) is 6.77. The fourth-order valence-electron chi connectivity index (χ4n) is 4.53. The first kappa shape index (κ1) is 33.4. The van der Waals surface area contributed by atoms with Gasteiger partial charge in [0.15, 0.2) is 0 Å². The molecule has 42 heavy (non-hydrogen) atoms. The molecule has 0 aliphatic heterocycles. The lowest BCUT2D eigenvalue weighted by Gasteiger charge is -2.32. The predicted octanol–water partition coefficient (Wildman–Crippen LogP) is 6.26. The number of benzene rings is 3. The molecule has 1 N–H and O–H groups in total. The third kappa shape index (κ3) is 10.0. The topological polar surface area (TPSA) is 86.8 Å². The van der Waals surface area contributed by atoms with Crippen molar-refractivity contribution in [3.05, 3.63) is 99.5 Å². The number of hydrogen-bond acceptors (Lipinski definition) is 4. The molecule has 3 rings (SSSR count). The van der Waals surface area contributed by atoms with E-state index in [1.807, 2.05) is 63.2 Å². The third-order valence-corrected chi connectivity index (χ3v) is 8.70. The van der Waals surface area contributed by atoms with Gasteiger partial charge in [-0.1, -0.05) is 91.1 Å². The average Bonchev–Trinajstić information content (AvgIpc) is 2.94. The van der Waals surface area contributed by atoms with E-state index in [4.69, 9.17) is 23.2 Å². The Labute approximate surface area is 259 Å². The second-order valence-electron chi connectivity index (χ2n) is 10.9. The van der Waals surface area contributed by atoms with Gasteiger partial charge in [-0.15, -0.1) is 0 Å². The van der Waals surface area contributed by atoms with Crippen LogP contribution in [0.25, 0.3) is 0 Å². The van der Waals surface area contributed by atoms with Crippen LogP contribution in [0.15, 0.2) is 72.8 Å². The van der Waals surface area contributed by atoms with Crippen molar-refractivity contribution in [2.75, 3.05) is 23.7 Å². The standard InChI is InChI=1S/C32H39Cl2N3O4S/c1-23(2)21-35-32(39)30(20-25-9-6-5-7-10-25)36(22-26-14-17-28(33)29(34)19-26)31(38)11-8-18-37(42(4,40)41)27-15-12-24(3)13-16-27/h5-7,9-10,12-17,19,23,30H,8,11,18,20-22H2,1-4H3,(H,35,39). The first-order chi connectivity index (χ1) is 19.8. The van der Waals surface area contributed by atoms with Crippen LogP contribution in [0.4, 0.5) is 5.69 Å². The molecule has 2 amide bonds. The molecule has 10 heteroatoms. The number of rotatable bonds is 14. The van der Waals surface area contributed by atoms with Crippen LogP contribution in [0.1, 0.15) is 43.4 Å². The van der Waals surface area contributed by atoms with Crippen LogP contribution in [0.3, 0.4) is 0 Å². The van der Waals surface area contributed by atoms with E-state index in [1.165, 1.54) is 4.31 Å². The Bertz CT molecular complexity index is 1450. The second-order valence-corrected chi connectivity index (χ2v) is 13.6. The summed E-state index contributed by atoms with van der Waals surface area (Å²) in [5, 5.41) is 3.75. The van der Waals surface area contributed by atoms with Gasteiger partial charge < -0.3 is 10.2 Å². The van der Waals surface area contributed by atoms with Gasteiger partial charge in [0.1, 0.15) is 6.04 Å². The van der Waals surface area contributed by atoms with Crippen LogP contribution in [-0.4, -0.2) is 50.5 Å². The Hall–Kier alpha value is -3.07. The van der Waals surface area contributed by atoms with E-state index < -0.39 is 16.1 Å². The summed E-state index contributed by atoms with van der Waals surface area (Å²) in [5.41, 5.74) is 3.19. The van der Waals surface area contributed by atoms with Gasteiger partial charge in [-0.2, -0.15) is 0 Å². The maximum absolute atomic E-state index is 13.9. The quantitative estimate of drug-likeness (QED) is 0.227. The van der Waals surface area contributed by atoms with Gasteiger partial charge in [-0.05, 0) is 54.7 Å². The molecule has 1 atom stereocenters. The first-order valence-electron chi connectivity index (χ1n) is 13.9. The molecule has 1 unspecified atom stereocenters. The number of nitrogens with one attached hydrogen (secondary N) is 1. The lowest BCUT2D eigenvalue weighted by molar-refractivity contribution is -0.141. The minimum atomic E-state index is -3.58. The number of carbonyl (C=O) groups excluding carboxylic acids is 2. The van der Waals surface area contributed by atoms with Crippen molar-refractivity contribution in [2.24, 2.45) is 5.92 Å². The predicted molar refractivity (Wildman–Crippen MR) is 171 cm³/mol. The van der Waals surface area contributed by atoms with Gasteiger partial charge in [-0.25, -0.2) is 8.42 Å². The van der Waals surface area contributed by atoms with Crippen LogP contribution in [0.2, 0.25) is 10.0 Å². The summed E-state index contributed by atoms with van der Waals surface area (Å²) >= 11 is 12.4. The zero-order chi connectivity index (χ0) is 30.9. The monoisotopic (exact) mass is 631 g/mol. The van der Waals surface area contributed by atoms with Crippen LogP contribution in [-0.2, 0) is 32.6 Å². The van der Waals surface area contributed by atoms with Gasteiger partial charge >= 0.3 is 0 Å². The Morgan fingerprint density at radius 1 is 0.905 bits per heavy atom. The Morgan fingerprint density at radius 3 is 2.17 bits per heavy atom. The lowest BCUT2D eigenvalue weighted by Crippen LogP contribution is -2.51. The number of aryl methyl sites for hydroxylation is 1. The number of nitrogens with zero attached hydrogens (tertiary/aromatic N) is 2. The van der Waals surface area contributed by atoms with Crippen LogP contribution < -0.4 is 9.62 Å². The van der Waals surface area contributed by atoms with Gasteiger partial charge in [-0.3, -0.25) is 13.9 Å². The number of sulfonamides is 1. The Balaban J connectivity index is 1.90. The van der Waals surface area contributed by atoms with E-state index in [0.29, 0.717) is 28.7 Å². The van der Waals surface area contributed by atoms with E-state index in [1.54, 1.807) is 35.2 Å². The van der Waals surface area contributed by atoms with Crippen LogP contribution in [0, 0.1) is 12.8 Å². The largest absolute Gasteiger partial charge is 0.354 e. The molecule has 0 radical (unpaired) electrons. The zero-order valence-electron chi connectivity index (χ0n) is 24.5. The number of hydrogen-bond donors (Lipinski definition) is 1. The Morgan fingerprint density at radius 2 is 1.57 bits per heavy atom. The summed E-state index contributed by atoms with van der Waals surface area (Å²) in [6.45, 7) is 6.67. The molecular formula is C32H39Cl2N3O4S. The van der Waals surface area contributed by atoms with Crippen molar-refractivity contribution < 1.29 is 18.0 Å². The van der Waals surface area contributed by atoms with Gasteiger partial charge in [0.25, 0.3) is 0 Å². The van der Waals surface area contributed by atoms with Gasteiger partial charge in [0.05, 0.1) is 22.0 Å². The molecule has 3 aromatic carbocycles. The highest BCUT2D eigenvalue weighted by molar-refractivity contribution is 7.92. The maximum Gasteiger partial charge on any atom is 0.243 e. The zero-order valence-corrected chi connectivity index (χ0v) is 26.8. The fraction of sp³-hybridized carbons (Fsp3) is 0.375. The maximum atomic E-state index is 13.9. The number of carbonyl (C=O) groups is 2. The van der Waals surface area contributed by atoms with E-state index in [9.17, 15) is 18.0 Å². The van der Waals surface area contributed by atoms with Crippen LogP contribution >= 0.6 is 23.2 Å². The van der Waals surface area contributed by atoms with E-state index in [2.05, 4.69) is 5.32 Å². The first-order valence-corrected chi connectivity index (χ1v) is 16.5. The van der Waals surface area contributed by atoms with Crippen molar-refractivity contribution >= 4 is 50.7 Å². The summed E-state index contributed by atoms with van der Waals surface area (Å²) in [6.07, 6.45) is 1.78. The second kappa shape index (κ2) is 15.4. The van der Waals surface area contributed by atoms with Crippen molar-refractivity contribution in [1.82, 2.24) is 10.2 Å². The number of anilines is 1. The smallest absolute Gasteiger partial charge is 0.243 e. The molecule has 0 fully saturated rings. The molecule has 0 aliphatic carbocycles. The van der Waals surface area contributed by atoms with Crippen molar-refractivity contribution in [1.29, 1.82) is 0 Å². The molecular weight excluding hydrogens is 593 g/mol. The molecule has 7 nitrogen and oxygen atoms in total. The summed E-state index contributed by atoms with van der Waals surface area (Å²) in [5.74, 6) is -0.285. The minimum Gasteiger partial charge on any atom is -0.354 e. The summed E-state index contributed by atoms with van der Waals surface area (Å²) < 4.78 is 26.5. The Kier molecular flexibility index (Phi) is 12.3. The van der Waals surface area contributed by atoms with E-state index in [-0.39, 0.29) is 43.7 Å². The average molecular weight is 633 g/mol. The SMILES string of the molecule is Cc1ccc(N(CCCC(=O)N(Cc2ccc(Cl)c(Cl)c2)C(Cc2ccccc2)C(=O)NCC(C)C)S(C)(=O)=O)cc1. The molecule has 0 spiro atoms. The summed E-state index contributed by atoms with van der Waals surface area (Å²) in [4.78, 5) is 29.1. The highest BCUT2D eigenvalue weighted by atomic mass is 35.5. The fourth-order valence-corrected chi connectivity index (χ4v) is 5.81. The normalized spacial score (nSPS) is 12.2. The molecule has 226 valence electrons.